The van der Waals surface area contributed by atoms with Crippen LogP contribution in [-0.2, 0) is 0 Å². The molecule has 1 fully saturated rings. The number of rotatable bonds is 2. The van der Waals surface area contributed by atoms with E-state index in [1.165, 1.54) is 6.07 Å². The Morgan fingerprint density at radius 2 is 2.25 bits per heavy atom. The first-order chi connectivity index (χ1) is 9.43. The van der Waals surface area contributed by atoms with Crippen LogP contribution in [0.1, 0.15) is 30.6 Å². The molecule has 1 aliphatic heterocycles. The summed E-state index contributed by atoms with van der Waals surface area (Å²) in [6, 6.07) is 1.25. The van der Waals surface area contributed by atoms with Gasteiger partial charge in [0.05, 0.1) is 11.8 Å². The molecule has 0 radical (unpaired) electrons. The van der Waals surface area contributed by atoms with Crippen LogP contribution in [0.3, 0.4) is 0 Å². The van der Waals surface area contributed by atoms with Crippen LogP contribution in [0.5, 0.6) is 0 Å². The molecule has 0 aliphatic carbocycles. The van der Waals surface area contributed by atoms with Crippen molar-refractivity contribution >= 4 is 23.5 Å². The molecule has 0 aromatic carbocycles. The lowest BCUT2D eigenvalue weighted by Crippen LogP contribution is -2.34. The third-order valence-corrected chi connectivity index (χ3v) is 4.82. The summed E-state index contributed by atoms with van der Waals surface area (Å²) in [6.45, 7) is 5.76. The van der Waals surface area contributed by atoms with E-state index < -0.39 is 5.82 Å². The second-order valence-corrected chi connectivity index (χ2v) is 7.25. The molecule has 0 unspecified atom stereocenters. The number of carbonyl (C=O) groups excluding carboxylic acids is 1. The van der Waals surface area contributed by atoms with E-state index >= 15 is 0 Å². The molecule has 20 heavy (non-hydrogen) atoms. The summed E-state index contributed by atoms with van der Waals surface area (Å²) < 4.78 is 13.5. The quantitative estimate of drug-likeness (QED) is 0.911. The van der Waals surface area contributed by atoms with Crippen molar-refractivity contribution < 1.29 is 9.18 Å². The van der Waals surface area contributed by atoms with E-state index in [4.69, 9.17) is 0 Å². The highest BCUT2D eigenvalue weighted by atomic mass is 32.2. The summed E-state index contributed by atoms with van der Waals surface area (Å²) in [4.78, 5) is 18.3. The fraction of sp³-hybridized carbons (Fsp3) is 0.571. The van der Waals surface area contributed by atoms with Crippen molar-refractivity contribution in [1.82, 2.24) is 9.88 Å². The molecule has 1 N–H and O–H groups in total. The number of carbonyl (C=O) groups is 1. The van der Waals surface area contributed by atoms with E-state index in [2.05, 4.69) is 24.1 Å². The largest absolute Gasteiger partial charge is 0.372 e. The maximum absolute atomic E-state index is 13.3. The Bertz CT molecular complexity index is 507. The SMILES string of the molecule is CNc1ncc(F)cc1C(=O)N1CCSC(C)(C)CC1. The third-order valence-electron chi connectivity index (χ3n) is 3.45. The van der Waals surface area contributed by atoms with Crippen LogP contribution in [0.4, 0.5) is 10.2 Å². The van der Waals surface area contributed by atoms with Gasteiger partial charge in [-0.3, -0.25) is 4.79 Å². The summed E-state index contributed by atoms with van der Waals surface area (Å²) in [5, 5.41) is 2.84. The Hall–Kier alpha value is -1.30. The summed E-state index contributed by atoms with van der Waals surface area (Å²) in [5.41, 5.74) is 0.303. The Labute approximate surface area is 123 Å². The van der Waals surface area contributed by atoms with Crippen molar-refractivity contribution in [3.63, 3.8) is 0 Å². The van der Waals surface area contributed by atoms with Gasteiger partial charge in [-0.1, -0.05) is 13.8 Å². The van der Waals surface area contributed by atoms with Gasteiger partial charge in [-0.25, -0.2) is 9.37 Å². The first-order valence-electron chi connectivity index (χ1n) is 6.69. The summed E-state index contributed by atoms with van der Waals surface area (Å²) >= 11 is 1.87. The highest BCUT2D eigenvalue weighted by Crippen LogP contribution is 2.31. The van der Waals surface area contributed by atoms with E-state index in [9.17, 15) is 9.18 Å². The zero-order chi connectivity index (χ0) is 14.8. The first-order valence-corrected chi connectivity index (χ1v) is 7.68. The van der Waals surface area contributed by atoms with Crippen LogP contribution in [0.2, 0.25) is 0 Å². The number of nitrogens with one attached hydrogen (secondary N) is 1. The molecule has 1 aromatic heterocycles. The first kappa shape index (κ1) is 15.1. The number of anilines is 1. The lowest BCUT2D eigenvalue weighted by Gasteiger charge is -2.23. The Morgan fingerprint density at radius 1 is 1.50 bits per heavy atom. The van der Waals surface area contributed by atoms with Gasteiger partial charge in [0.2, 0.25) is 0 Å². The van der Waals surface area contributed by atoms with E-state index in [-0.39, 0.29) is 10.7 Å². The van der Waals surface area contributed by atoms with Gasteiger partial charge in [0.25, 0.3) is 5.91 Å². The second kappa shape index (κ2) is 5.99. The molecule has 6 heteroatoms. The van der Waals surface area contributed by atoms with Gasteiger partial charge in [0.1, 0.15) is 11.6 Å². The van der Waals surface area contributed by atoms with Crippen molar-refractivity contribution in [2.45, 2.75) is 25.0 Å². The van der Waals surface area contributed by atoms with Crippen LogP contribution in [0.15, 0.2) is 12.3 Å². The Balaban J connectivity index is 2.21. The number of aromatic nitrogens is 1. The molecule has 1 aliphatic rings. The van der Waals surface area contributed by atoms with Gasteiger partial charge < -0.3 is 10.2 Å². The highest BCUT2D eigenvalue weighted by molar-refractivity contribution is 8.00. The minimum atomic E-state index is -0.489. The van der Waals surface area contributed by atoms with Gasteiger partial charge in [0, 0.05) is 30.6 Å². The van der Waals surface area contributed by atoms with Gasteiger partial charge in [-0.15, -0.1) is 0 Å². The van der Waals surface area contributed by atoms with Crippen LogP contribution >= 0.6 is 11.8 Å². The molecule has 1 amide bonds. The predicted molar refractivity (Wildman–Crippen MR) is 80.8 cm³/mol. The molecule has 0 spiro atoms. The minimum Gasteiger partial charge on any atom is -0.372 e. The molecule has 2 heterocycles. The van der Waals surface area contributed by atoms with E-state index in [1.54, 1.807) is 11.9 Å². The monoisotopic (exact) mass is 297 g/mol. The minimum absolute atomic E-state index is 0.153. The average Bonchev–Trinajstić information content (AvgIpc) is 2.59. The van der Waals surface area contributed by atoms with Crippen LogP contribution in [0.25, 0.3) is 0 Å². The topological polar surface area (TPSA) is 45.2 Å². The van der Waals surface area contributed by atoms with Crippen LogP contribution in [-0.4, -0.2) is 46.4 Å². The maximum atomic E-state index is 13.3. The van der Waals surface area contributed by atoms with Gasteiger partial charge in [0.15, 0.2) is 0 Å². The third kappa shape index (κ3) is 3.42. The lowest BCUT2D eigenvalue weighted by atomic mass is 10.1. The molecule has 1 saturated heterocycles. The van der Waals surface area contributed by atoms with Crippen LogP contribution in [0, 0.1) is 5.82 Å². The summed E-state index contributed by atoms with van der Waals surface area (Å²) in [7, 11) is 1.68. The normalized spacial score (nSPS) is 18.5. The van der Waals surface area contributed by atoms with Crippen LogP contribution < -0.4 is 5.32 Å². The number of halogens is 1. The molecule has 0 atom stereocenters. The summed E-state index contributed by atoms with van der Waals surface area (Å²) in [5.74, 6) is 0.681. The van der Waals surface area contributed by atoms with Crippen molar-refractivity contribution in [2.24, 2.45) is 0 Å². The number of hydrogen-bond donors (Lipinski definition) is 1. The Morgan fingerprint density at radius 3 is 2.95 bits per heavy atom. The molecule has 4 nitrogen and oxygen atoms in total. The fourth-order valence-electron chi connectivity index (χ4n) is 2.20. The van der Waals surface area contributed by atoms with Gasteiger partial charge in [-0.05, 0) is 12.5 Å². The van der Waals surface area contributed by atoms with Gasteiger partial charge in [-0.2, -0.15) is 11.8 Å². The second-order valence-electron chi connectivity index (χ2n) is 5.45. The number of nitrogens with zero attached hydrogens (tertiary/aromatic N) is 2. The number of hydrogen-bond acceptors (Lipinski definition) is 4. The predicted octanol–water partition coefficient (Wildman–Crippen LogP) is 2.62. The van der Waals surface area contributed by atoms with Crippen molar-refractivity contribution in [3.8, 4) is 0 Å². The molecule has 0 bridgehead atoms. The molecular weight excluding hydrogens is 277 g/mol. The number of thioether (sulfide) groups is 1. The Kier molecular flexibility index (Phi) is 4.52. The maximum Gasteiger partial charge on any atom is 0.257 e. The molecule has 1 aromatic rings. The molecule has 110 valence electrons. The molecule has 0 saturated carbocycles. The summed E-state index contributed by atoms with van der Waals surface area (Å²) in [6.07, 6.45) is 2.05. The highest BCUT2D eigenvalue weighted by Gasteiger charge is 2.27. The fourth-order valence-corrected chi connectivity index (χ4v) is 3.30. The van der Waals surface area contributed by atoms with E-state index in [1.807, 2.05) is 11.8 Å². The molecule has 2 rings (SSSR count). The average molecular weight is 297 g/mol. The van der Waals surface area contributed by atoms with E-state index in [0.717, 1.165) is 18.4 Å². The zero-order valence-corrected chi connectivity index (χ0v) is 12.9. The van der Waals surface area contributed by atoms with Crippen molar-refractivity contribution in [3.05, 3.63) is 23.6 Å². The lowest BCUT2D eigenvalue weighted by molar-refractivity contribution is 0.0764. The standard InChI is InChI=1S/C14H20FN3OS/c1-14(2)4-5-18(6-7-20-14)13(19)11-8-10(15)9-17-12(11)16-3/h8-9H,4-7H2,1-3H3,(H,16,17). The van der Waals surface area contributed by atoms with Crippen molar-refractivity contribution in [2.75, 3.05) is 31.2 Å². The number of amides is 1. The van der Waals surface area contributed by atoms with Gasteiger partial charge >= 0.3 is 0 Å². The smallest absolute Gasteiger partial charge is 0.257 e. The number of pyridine rings is 1. The van der Waals surface area contributed by atoms with E-state index in [0.29, 0.717) is 24.5 Å². The zero-order valence-electron chi connectivity index (χ0n) is 12.1. The molecular formula is C14H20FN3OS. The van der Waals surface area contributed by atoms with Crippen molar-refractivity contribution in [1.29, 1.82) is 0 Å².